The Morgan fingerprint density at radius 3 is 2.71 bits per heavy atom. The van der Waals surface area contributed by atoms with Gasteiger partial charge in [0.1, 0.15) is 5.75 Å². The molecule has 3 N–H and O–H groups in total. The number of ether oxygens (including phenoxy) is 1. The molecule has 0 unspecified atom stereocenters. The van der Waals surface area contributed by atoms with Crippen LogP contribution >= 0.6 is 0 Å². The van der Waals surface area contributed by atoms with Crippen molar-refractivity contribution in [1.29, 1.82) is 0 Å². The van der Waals surface area contributed by atoms with Gasteiger partial charge in [0, 0.05) is 18.0 Å². The second-order valence-corrected chi connectivity index (χ2v) is 3.95. The van der Waals surface area contributed by atoms with Crippen LogP contribution in [0.5, 0.6) is 5.75 Å². The number of nitrogens with zero attached hydrogens (tertiary/aromatic N) is 3. The van der Waals surface area contributed by atoms with Gasteiger partial charge in [-0.2, -0.15) is 4.99 Å². The van der Waals surface area contributed by atoms with Gasteiger partial charge in [0.15, 0.2) is 5.96 Å². The number of pyridine rings is 1. The van der Waals surface area contributed by atoms with Crippen molar-refractivity contribution in [3.05, 3.63) is 52.7 Å². The van der Waals surface area contributed by atoms with Crippen molar-refractivity contribution < 1.29 is 9.66 Å². The van der Waals surface area contributed by atoms with Gasteiger partial charge in [0.05, 0.1) is 12.0 Å². The summed E-state index contributed by atoms with van der Waals surface area (Å²) < 4.78 is 5.04. The number of anilines is 1. The van der Waals surface area contributed by atoms with Crippen molar-refractivity contribution >= 4 is 23.2 Å². The number of aromatic nitrogens is 1. The Hall–Kier alpha value is -3.16. The van der Waals surface area contributed by atoms with Gasteiger partial charge in [-0.1, -0.05) is 0 Å². The SMILES string of the molecule is COc1ccc(N/C(N)=N/c2ncccc2[N+](=O)[O-])cc1. The van der Waals surface area contributed by atoms with E-state index in [1.807, 2.05) is 0 Å². The van der Waals surface area contributed by atoms with E-state index in [9.17, 15) is 10.1 Å². The monoisotopic (exact) mass is 287 g/mol. The average molecular weight is 287 g/mol. The second kappa shape index (κ2) is 6.33. The van der Waals surface area contributed by atoms with Crippen LogP contribution in [0, 0.1) is 10.1 Å². The molecule has 0 amide bonds. The maximum Gasteiger partial charge on any atom is 0.313 e. The Bertz CT molecular complexity index is 670. The minimum absolute atomic E-state index is 0.00182. The van der Waals surface area contributed by atoms with Crippen molar-refractivity contribution in [1.82, 2.24) is 4.98 Å². The molecule has 0 aliphatic heterocycles. The highest BCUT2D eigenvalue weighted by Gasteiger charge is 2.13. The van der Waals surface area contributed by atoms with E-state index in [1.54, 1.807) is 31.4 Å². The lowest BCUT2D eigenvalue weighted by Crippen LogP contribution is -2.22. The van der Waals surface area contributed by atoms with Gasteiger partial charge in [-0.05, 0) is 30.3 Å². The van der Waals surface area contributed by atoms with Gasteiger partial charge >= 0.3 is 5.69 Å². The predicted molar refractivity (Wildman–Crippen MR) is 78.8 cm³/mol. The fourth-order valence-electron chi connectivity index (χ4n) is 1.58. The van der Waals surface area contributed by atoms with Crippen LogP contribution in [0.15, 0.2) is 47.6 Å². The highest BCUT2D eigenvalue weighted by atomic mass is 16.6. The summed E-state index contributed by atoms with van der Waals surface area (Å²) in [6.45, 7) is 0. The number of nitro groups is 1. The van der Waals surface area contributed by atoms with Gasteiger partial charge in [-0.3, -0.25) is 10.1 Å². The molecule has 108 valence electrons. The molecular formula is C13H13N5O3. The first kappa shape index (κ1) is 14.3. The molecule has 0 saturated heterocycles. The molecule has 2 rings (SSSR count). The van der Waals surface area contributed by atoms with E-state index in [0.29, 0.717) is 11.4 Å². The Balaban J connectivity index is 2.19. The third-order valence-electron chi connectivity index (χ3n) is 2.55. The molecule has 21 heavy (non-hydrogen) atoms. The quantitative estimate of drug-likeness (QED) is 0.385. The van der Waals surface area contributed by atoms with Crippen molar-refractivity contribution in [2.75, 3.05) is 12.4 Å². The third-order valence-corrected chi connectivity index (χ3v) is 2.55. The summed E-state index contributed by atoms with van der Waals surface area (Å²) in [6, 6.07) is 9.76. The molecular weight excluding hydrogens is 274 g/mol. The molecule has 8 heteroatoms. The molecule has 0 atom stereocenters. The lowest BCUT2D eigenvalue weighted by atomic mass is 10.3. The topological polar surface area (TPSA) is 116 Å². The molecule has 8 nitrogen and oxygen atoms in total. The molecule has 0 aliphatic carbocycles. The number of rotatable bonds is 4. The first-order chi connectivity index (χ1) is 10.1. The van der Waals surface area contributed by atoms with Crippen LogP contribution in [-0.4, -0.2) is 23.0 Å². The molecule has 1 heterocycles. The molecule has 0 aliphatic rings. The standard InChI is InChI=1S/C13H13N5O3/c1-21-10-6-4-9(5-7-10)16-13(14)17-12-11(18(19)20)3-2-8-15-12/h2-8H,1H3,(H3,14,15,16,17). The van der Waals surface area contributed by atoms with E-state index in [2.05, 4.69) is 15.3 Å². The number of aliphatic imine (C=N–C) groups is 1. The maximum absolute atomic E-state index is 10.9. The van der Waals surface area contributed by atoms with Crippen LogP contribution in [0.2, 0.25) is 0 Å². The number of nitrogens with two attached hydrogens (primary N) is 1. The number of methoxy groups -OCH3 is 1. The summed E-state index contributed by atoms with van der Waals surface area (Å²) in [5.74, 6) is 0.652. The van der Waals surface area contributed by atoms with Crippen LogP contribution in [-0.2, 0) is 0 Å². The van der Waals surface area contributed by atoms with Crippen LogP contribution in [0.25, 0.3) is 0 Å². The Kier molecular flexibility index (Phi) is 4.30. The number of hydrogen-bond acceptors (Lipinski definition) is 5. The lowest BCUT2D eigenvalue weighted by Gasteiger charge is -2.06. The smallest absolute Gasteiger partial charge is 0.313 e. The fourth-order valence-corrected chi connectivity index (χ4v) is 1.58. The first-order valence-corrected chi connectivity index (χ1v) is 5.95. The summed E-state index contributed by atoms with van der Waals surface area (Å²) >= 11 is 0. The van der Waals surface area contributed by atoms with Crippen LogP contribution in [0.3, 0.4) is 0 Å². The van der Waals surface area contributed by atoms with Gasteiger partial charge in [0.25, 0.3) is 0 Å². The minimum Gasteiger partial charge on any atom is -0.497 e. The predicted octanol–water partition coefficient (Wildman–Crippen LogP) is 2.06. The fraction of sp³-hybridized carbons (Fsp3) is 0.0769. The van der Waals surface area contributed by atoms with E-state index in [1.165, 1.54) is 18.3 Å². The molecule has 2 aromatic rings. The summed E-state index contributed by atoms with van der Waals surface area (Å²) in [4.78, 5) is 18.0. The van der Waals surface area contributed by atoms with E-state index < -0.39 is 4.92 Å². The number of benzene rings is 1. The number of guanidine groups is 1. The van der Waals surface area contributed by atoms with Crippen molar-refractivity contribution in [2.24, 2.45) is 10.7 Å². The van der Waals surface area contributed by atoms with Crippen LogP contribution < -0.4 is 15.8 Å². The molecule has 0 bridgehead atoms. The minimum atomic E-state index is -0.563. The summed E-state index contributed by atoms with van der Waals surface area (Å²) in [5.41, 5.74) is 6.19. The largest absolute Gasteiger partial charge is 0.497 e. The van der Waals surface area contributed by atoms with Gasteiger partial charge in [-0.15, -0.1) is 0 Å². The maximum atomic E-state index is 10.9. The van der Waals surface area contributed by atoms with Crippen LogP contribution in [0.1, 0.15) is 0 Å². The van der Waals surface area contributed by atoms with E-state index >= 15 is 0 Å². The normalized spacial score (nSPS) is 11.0. The zero-order valence-corrected chi connectivity index (χ0v) is 11.2. The number of hydrogen-bond donors (Lipinski definition) is 2. The van der Waals surface area contributed by atoms with Gasteiger partial charge < -0.3 is 15.8 Å². The highest BCUT2D eigenvalue weighted by Crippen LogP contribution is 2.23. The molecule has 0 radical (unpaired) electrons. The van der Waals surface area contributed by atoms with Crippen molar-refractivity contribution in [3.8, 4) is 5.75 Å². The van der Waals surface area contributed by atoms with E-state index in [4.69, 9.17) is 10.5 Å². The van der Waals surface area contributed by atoms with Gasteiger partial charge in [-0.25, -0.2) is 4.98 Å². The van der Waals surface area contributed by atoms with E-state index in [0.717, 1.165) is 0 Å². The highest BCUT2D eigenvalue weighted by molar-refractivity contribution is 5.94. The van der Waals surface area contributed by atoms with Crippen molar-refractivity contribution in [3.63, 3.8) is 0 Å². The second-order valence-electron chi connectivity index (χ2n) is 3.95. The van der Waals surface area contributed by atoms with Crippen LogP contribution in [0.4, 0.5) is 17.2 Å². The Morgan fingerprint density at radius 1 is 1.38 bits per heavy atom. The molecule has 0 spiro atoms. The Labute approximate surface area is 120 Å². The molecule has 0 saturated carbocycles. The Morgan fingerprint density at radius 2 is 2.10 bits per heavy atom. The molecule has 1 aromatic heterocycles. The summed E-state index contributed by atoms with van der Waals surface area (Å²) in [5, 5.41) is 13.7. The summed E-state index contributed by atoms with van der Waals surface area (Å²) in [7, 11) is 1.57. The average Bonchev–Trinajstić information content (AvgIpc) is 2.48. The van der Waals surface area contributed by atoms with Gasteiger partial charge in [0.2, 0.25) is 5.82 Å². The third kappa shape index (κ3) is 3.66. The first-order valence-electron chi connectivity index (χ1n) is 5.95. The number of nitrogens with one attached hydrogen (secondary N) is 1. The zero-order valence-electron chi connectivity index (χ0n) is 11.2. The van der Waals surface area contributed by atoms with Crippen molar-refractivity contribution in [2.45, 2.75) is 0 Å². The summed E-state index contributed by atoms with van der Waals surface area (Å²) in [6.07, 6.45) is 1.41. The lowest BCUT2D eigenvalue weighted by molar-refractivity contribution is -0.384. The molecule has 1 aromatic carbocycles. The molecule has 0 fully saturated rings. The zero-order chi connectivity index (χ0) is 15.2. The van der Waals surface area contributed by atoms with E-state index in [-0.39, 0.29) is 17.5 Å².